The van der Waals surface area contributed by atoms with Gasteiger partial charge in [0.2, 0.25) is 0 Å². The van der Waals surface area contributed by atoms with E-state index in [0.29, 0.717) is 11.8 Å². The van der Waals surface area contributed by atoms with Crippen molar-refractivity contribution in [2.75, 3.05) is 32.6 Å². The van der Waals surface area contributed by atoms with Crippen LogP contribution >= 0.6 is 0 Å². The maximum atomic E-state index is 14.2. The number of carbonyl (C=O) groups is 2. The summed E-state index contributed by atoms with van der Waals surface area (Å²) in [7, 11) is 3.16. The highest BCUT2D eigenvalue weighted by atomic mass is 19.1. The van der Waals surface area contributed by atoms with Crippen LogP contribution < -0.4 is 10.6 Å². The quantitative estimate of drug-likeness (QED) is 0.214. The standard InChI is InChI=1S/C18H25FN4O4/c1-11-5-6-15(14(19)7-11)21-16(12(2)9-24)17(22-23(3)4)18(27)20-8-13(26)10-25/h5-7,9,13,21,25-26H,8,10H2,1-4H3,(H,20,27)/b16-12+,22-17+. The highest BCUT2D eigenvalue weighted by Crippen LogP contribution is 2.19. The van der Waals surface area contributed by atoms with Crippen LogP contribution in [0.4, 0.5) is 10.1 Å². The van der Waals surface area contributed by atoms with Gasteiger partial charge in [0.25, 0.3) is 5.91 Å². The van der Waals surface area contributed by atoms with E-state index in [1.165, 1.54) is 24.1 Å². The summed E-state index contributed by atoms with van der Waals surface area (Å²) in [5.41, 5.74) is 0.778. The van der Waals surface area contributed by atoms with Crippen LogP contribution in [0.5, 0.6) is 0 Å². The van der Waals surface area contributed by atoms with E-state index in [-0.39, 0.29) is 29.2 Å². The van der Waals surface area contributed by atoms with Crippen molar-refractivity contribution in [3.05, 3.63) is 40.8 Å². The fourth-order valence-corrected chi connectivity index (χ4v) is 2.03. The minimum absolute atomic E-state index is 0.0254. The molecule has 4 N–H and O–H groups in total. The van der Waals surface area contributed by atoms with Crippen molar-refractivity contribution in [1.82, 2.24) is 10.3 Å². The summed E-state index contributed by atoms with van der Waals surface area (Å²) in [5.74, 6) is -1.25. The molecule has 27 heavy (non-hydrogen) atoms. The van der Waals surface area contributed by atoms with Crippen LogP contribution in [0, 0.1) is 12.7 Å². The Morgan fingerprint density at radius 1 is 1.41 bits per heavy atom. The topological polar surface area (TPSA) is 114 Å². The van der Waals surface area contributed by atoms with Crippen molar-refractivity contribution in [3.63, 3.8) is 0 Å². The van der Waals surface area contributed by atoms with Gasteiger partial charge >= 0.3 is 0 Å². The number of nitrogens with zero attached hydrogens (tertiary/aromatic N) is 2. The average molecular weight is 380 g/mol. The molecule has 0 saturated heterocycles. The Kier molecular flexibility index (Phi) is 8.57. The van der Waals surface area contributed by atoms with Crippen LogP contribution in [0.3, 0.4) is 0 Å². The lowest BCUT2D eigenvalue weighted by atomic mass is 10.1. The number of aldehydes is 1. The molecule has 0 aliphatic rings. The maximum Gasteiger partial charge on any atom is 0.273 e. The second-order valence-corrected chi connectivity index (χ2v) is 6.13. The first kappa shape index (κ1) is 22.3. The summed E-state index contributed by atoms with van der Waals surface area (Å²) >= 11 is 0. The van der Waals surface area contributed by atoms with Crippen LogP contribution in [0.2, 0.25) is 0 Å². The molecular weight excluding hydrogens is 355 g/mol. The Bertz CT molecular complexity index is 747. The molecule has 0 radical (unpaired) electrons. The summed E-state index contributed by atoms with van der Waals surface area (Å²) in [4.78, 5) is 23.9. The Hall–Kier alpha value is -2.78. The lowest BCUT2D eigenvalue weighted by Crippen LogP contribution is -2.40. The molecule has 1 aromatic rings. The van der Waals surface area contributed by atoms with Gasteiger partial charge in [-0.25, -0.2) is 4.39 Å². The van der Waals surface area contributed by atoms with Gasteiger partial charge in [-0.05, 0) is 31.5 Å². The van der Waals surface area contributed by atoms with Gasteiger partial charge in [-0.2, -0.15) is 5.10 Å². The molecule has 1 rings (SSSR count). The number of rotatable bonds is 9. The number of hydrogen-bond acceptors (Lipinski definition) is 7. The van der Waals surface area contributed by atoms with E-state index >= 15 is 0 Å². The molecule has 9 heteroatoms. The van der Waals surface area contributed by atoms with Gasteiger partial charge in [-0.15, -0.1) is 0 Å². The minimum atomic E-state index is -1.14. The number of nitrogens with one attached hydrogen (secondary N) is 2. The Labute approximate surface area is 157 Å². The van der Waals surface area contributed by atoms with E-state index in [2.05, 4.69) is 15.7 Å². The number of hydrazone groups is 1. The summed E-state index contributed by atoms with van der Waals surface area (Å²) in [5, 5.41) is 28.9. The number of aliphatic hydroxyl groups is 2. The molecule has 1 aromatic carbocycles. The monoisotopic (exact) mass is 380 g/mol. The zero-order chi connectivity index (χ0) is 20.6. The molecule has 0 fully saturated rings. The molecule has 0 aromatic heterocycles. The molecule has 148 valence electrons. The number of carbonyl (C=O) groups excluding carboxylic acids is 2. The van der Waals surface area contributed by atoms with E-state index in [0.717, 1.165) is 0 Å². The van der Waals surface area contributed by atoms with Crippen molar-refractivity contribution < 1.29 is 24.2 Å². The molecule has 8 nitrogen and oxygen atoms in total. The average Bonchev–Trinajstić information content (AvgIpc) is 2.62. The SMILES string of the molecule is C/C(C=O)=C(Nc1ccc(C)cc1F)/C(=N\N(C)C)C(=O)NCC(O)CO. The number of halogens is 1. The van der Waals surface area contributed by atoms with Crippen LogP contribution in [0.15, 0.2) is 34.6 Å². The van der Waals surface area contributed by atoms with Crippen molar-refractivity contribution in [2.45, 2.75) is 20.0 Å². The minimum Gasteiger partial charge on any atom is -0.394 e. The number of allylic oxidation sites excluding steroid dienone is 1. The van der Waals surface area contributed by atoms with E-state index in [9.17, 15) is 19.1 Å². The Morgan fingerprint density at radius 2 is 2.07 bits per heavy atom. The molecule has 0 spiro atoms. The van der Waals surface area contributed by atoms with Gasteiger partial charge < -0.3 is 25.9 Å². The first-order valence-corrected chi connectivity index (χ1v) is 8.22. The third-order valence-electron chi connectivity index (χ3n) is 3.42. The predicted octanol–water partition coefficient (Wildman–Crippen LogP) is 0.406. The van der Waals surface area contributed by atoms with Gasteiger partial charge in [0, 0.05) is 26.2 Å². The van der Waals surface area contributed by atoms with Crippen molar-refractivity contribution >= 4 is 23.6 Å². The molecule has 0 saturated carbocycles. The molecule has 1 atom stereocenters. The van der Waals surface area contributed by atoms with Crippen LogP contribution in [0.1, 0.15) is 12.5 Å². The Morgan fingerprint density at radius 3 is 2.59 bits per heavy atom. The number of anilines is 1. The fourth-order valence-electron chi connectivity index (χ4n) is 2.03. The molecular formula is C18H25FN4O4. The highest BCUT2D eigenvalue weighted by Gasteiger charge is 2.22. The highest BCUT2D eigenvalue weighted by molar-refractivity contribution is 6.46. The third kappa shape index (κ3) is 6.80. The van der Waals surface area contributed by atoms with Crippen molar-refractivity contribution in [1.29, 1.82) is 0 Å². The van der Waals surface area contributed by atoms with E-state index < -0.39 is 24.4 Å². The van der Waals surface area contributed by atoms with Gasteiger partial charge in [0.1, 0.15) is 12.1 Å². The molecule has 0 aliphatic heterocycles. The van der Waals surface area contributed by atoms with Gasteiger partial charge in [-0.3, -0.25) is 9.59 Å². The first-order valence-electron chi connectivity index (χ1n) is 8.22. The second kappa shape index (κ2) is 10.4. The van der Waals surface area contributed by atoms with Crippen LogP contribution in [-0.4, -0.2) is 66.5 Å². The van der Waals surface area contributed by atoms with Gasteiger partial charge in [0.15, 0.2) is 5.71 Å². The van der Waals surface area contributed by atoms with Crippen molar-refractivity contribution in [2.24, 2.45) is 5.10 Å². The molecule has 0 bridgehead atoms. The van der Waals surface area contributed by atoms with Crippen LogP contribution in [-0.2, 0) is 9.59 Å². The summed E-state index contributed by atoms with van der Waals surface area (Å²) < 4.78 is 14.2. The zero-order valence-corrected chi connectivity index (χ0v) is 15.8. The lowest BCUT2D eigenvalue weighted by Gasteiger charge is -2.18. The number of benzene rings is 1. The fraction of sp³-hybridized carbons (Fsp3) is 0.389. The van der Waals surface area contributed by atoms with Crippen molar-refractivity contribution in [3.8, 4) is 0 Å². The van der Waals surface area contributed by atoms with E-state index in [1.807, 2.05) is 0 Å². The van der Waals surface area contributed by atoms with Crippen LogP contribution in [0.25, 0.3) is 0 Å². The number of aryl methyl sites for hydroxylation is 1. The summed E-state index contributed by atoms with van der Waals surface area (Å²) in [6, 6.07) is 4.49. The lowest BCUT2D eigenvalue weighted by molar-refractivity contribution is -0.115. The molecule has 0 heterocycles. The molecule has 1 unspecified atom stereocenters. The van der Waals surface area contributed by atoms with E-state index in [4.69, 9.17) is 5.11 Å². The summed E-state index contributed by atoms with van der Waals surface area (Å²) in [6.45, 7) is 2.46. The normalized spacial score (nSPS) is 13.5. The predicted molar refractivity (Wildman–Crippen MR) is 101 cm³/mol. The number of hydrogen-bond donors (Lipinski definition) is 4. The zero-order valence-electron chi connectivity index (χ0n) is 15.8. The number of amides is 1. The third-order valence-corrected chi connectivity index (χ3v) is 3.42. The first-order chi connectivity index (χ1) is 12.7. The van der Waals surface area contributed by atoms with Gasteiger partial charge in [-0.1, -0.05) is 6.07 Å². The second-order valence-electron chi connectivity index (χ2n) is 6.13. The van der Waals surface area contributed by atoms with E-state index in [1.54, 1.807) is 27.1 Å². The molecule has 1 amide bonds. The largest absolute Gasteiger partial charge is 0.394 e. The molecule has 0 aliphatic carbocycles. The number of aliphatic hydroxyl groups excluding tert-OH is 2. The summed E-state index contributed by atoms with van der Waals surface area (Å²) in [6.07, 6.45) is -0.619. The smallest absolute Gasteiger partial charge is 0.273 e. The van der Waals surface area contributed by atoms with Gasteiger partial charge in [0.05, 0.1) is 24.1 Å². The maximum absolute atomic E-state index is 14.2. The Balaban J connectivity index is 3.29.